The van der Waals surface area contributed by atoms with Gasteiger partial charge in [0.2, 0.25) is 0 Å². The standard InChI is InChI=1S/C13H26N2O3S/c1-2-9-14-19(17,18)15-10-4-3-7-12(15)11-6-5-8-13(11)16/h11-14,16H,2-10H2,1H3. The van der Waals surface area contributed by atoms with E-state index in [0.717, 1.165) is 44.9 Å². The Bertz CT molecular complexity index is 385. The van der Waals surface area contributed by atoms with E-state index in [1.807, 2.05) is 6.92 Å². The van der Waals surface area contributed by atoms with Crippen LogP contribution in [0.1, 0.15) is 51.9 Å². The minimum absolute atomic E-state index is 0.0133. The van der Waals surface area contributed by atoms with Crippen LogP contribution in [0, 0.1) is 5.92 Å². The maximum Gasteiger partial charge on any atom is 0.279 e. The van der Waals surface area contributed by atoms with Gasteiger partial charge in [0.25, 0.3) is 10.2 Å². The average molecular weight is 290 g/mol. The molecule has 0 spiro atoms. The van der Waals surface area contributed by atoms with E-state index in [1.165, 1.54) is 0 Å². The molecule has 0 bridgehead atoms. The van der Waals surface area contributed by atoms with Crippen molar-refractivity contribution in [3.63, 3.8) is 0 Å². The Morgan fingerprint density at radius 2 is 2.00 bits per heavy atom. The molecule has 1 saturated heterocycles. The average Bonchev–Trinajstić information content (AvgIpc) is 2.83. The highest BCUT2D eigenvalue weighted by molar-refractivity contribution is 7.87. The fourth-order valence-corrected chi connectivity index (χ4v) is 5.00. The van der Waals surface area contributed by atoms with Crippen molar-refractivity contribution in [2.45, 2.75) is 64.0 Å². The molecule has 0 aromatic heterocycles. The van der Waals surface area contributed by atoms with Crippen LogP contribution in [0.15, 0.2) is 0 Å². The molecular formula is C13H26N2O3S. The van der Waals surface area contributed by atoms with E-state index in [2.05, 4.69) is 4.72 Å². The molecule has 2 rings (SSSR count). The number of nitrogens with zero attached hydrogens (tertiary/aromatic N) is 1. The van der Waals surface area contributed by atoms with Gasteiger partial charge in [-0.25, -0.2) is 4.72 Å². The Balaban J connectivity index is 2.11. The topological polar surface area (TPSA) is 69.6 Å². The summed E-state index contributed by atoms with van der Waals surface area (Å²) in [5.41, 5.74) is 0. The number of rotatable bonds is 5. The second-order valence-corrected chi connectivity index (χ2v) is 7.44. The Hall–Kier alpha value is -0.170. The van der Waals surface area contributed by atoms with Crippen molar-refractivity contribution in [3.05, 3.63) is 0 Å². The molecule has 6 heteroatoms. The maximum absolute atomic E-state index is 12.4. The predicted molar refractivity (Wildman–Crippen MR) is 74.9 cm³/mol. The molecule has 1 saturated carbocycles. The molecule has 1 aliphatic heterocycles. The number of hydrogen-bond donors (Lipinski definition) is 2. The third-order valence-corrected chi connectivity index (χ3v) is 6.01. The number of nitrogens with one attached hydrogen (secondary N) is 1. The molecule has 19 heavy (non-hydrogen) atoms. The van der Waals surface area contributed by atoms with Gasteiger partial charge in [-0.2, -0.15) is 12.7 Å². The molecule has 0 amide bonds. The predicted octanol–water partition coefficient (Wildman–Crippen LogP) is 1.25. The summed E-state index contributed by atoms with van der Waals surface area (Å²) >= 11 is 0. The summed E-state index contributed by atoms with van der Waals surface area (Å²) in [5.74, 6) is 0.124. The first-order valence-electron chi connectivity index (χ1n) is 7.50. The summed E-state index contributed by atoms with van der Waals surface area (Å²) in [7, 11) is -3.38. The first-order valence-corrected chi connectivity index (χ1v) is 8.94. The van der Waals surface area contributed by atoms with Crippen LogP contribution in [0.3, 0.4) is 0 Å². The Morgan fingerprint density at radius 1 is 1.21 bits per heavy atom. The van der Waals surface area contributed by atoms with E-state index >= 15 is 0 Å². The molecule has 3 atom stereocenters. The van der Waals surface area contributed by atoms with Crippen LogP contribution in [-0.2, 0) is 10.2 Å². The molecule has 1 aliphatic carbocycles. The Kier molecular flexibility index (Phi) is 5.22. The highest BCUT2D eigenvalue weighted by atomic mass is 32.2. The van der Waals surface area contributed by atoms with Gasteiger partial charge in [0.15, 0.2) is 0 Å². The van der Waals surface area contributed by atoms with Crippen molar-refractivity contribution in [1.29, 1.82) is 0 Å². The van der Waals surface area contributed by atoms with Gasteiger partial charge in [-0.05, 0) is 32.1 Å². The van der Waals surface area contributed by atoms with Crippen LogP contribution in [-0.4, -0.2) is 43.1 Å². The molecule has 2 aliphatic rings. The van der Waals surface area contributed by atoms with Crippen molar-refractivity contribution < 1.29 is 13.5 Å². The fraction of sp³-hybridized carbons (Fsp3) is 1.00. The van der Waals surface area contributed by atoms with Crippen LogP contribution in [0.4, 0.5) is 0 Å². The number of piperidine rings is 1. The van der Waals surface area contributed by atoms with Gasteiger partial charge in [-0.3, -0.25) is 0 Å². The van der Waals surface area contributed by atoms with Gasteiger partial charge in [0.05, 0.1) is 6.10 Å². The molecule has 3 unspecified atom stereocenters. The van der Waals surface area contributed by atoms with Gasteiger partial charge in [0.1, 0.15) is 0 Å². The van der Waals surface area contributed by atoms with Crippen molar-refractivity contribution in [2.75, 3.05) is 13.1 Å². The summed E-state index contributed by atoms with van der Waals surface area (Å²) < 4.78 is 29.0. The summed E-state index contributed by atoms with van der Waals surface area (Å²) in [6.07, 6.45) is 6.12. The summed E-state index contributed by atoms with van der Waals surface area (Å²) in [6.45, 7) is 3.03. The van der Waals surface area contributed by atoms with Gasteiger partial charge in [-0.15, -0.1) is 0 Å². The summed E-state index contributed by atoms with van der Waals surface area (Å²) in [6, 6.07) is -0.0133. The van der Waals surface area contributed by atoms with Crippen molar-refractivity contribution >= 4 is 10.2 Å². The monoisotopic (exact) mass is 290 g/mol. The highest BCUT2D eigenvalue weighted by Crippen LogP contribution is 2.36. The third-order valence-electron chi connectivity index (χ3n) is 4.37. The van der Waals surface area contributed by atoms with E-state index in [-0.39, 0.29) is 18.1 Å². The van der Waals surface area contributed by atoms with E-state index in [1.54, 1.807) is 4.31 Å². The van der Waals surface area contributed by atoms with Crippen LogP contribution in [0.25, 0.3) is 0 Å². The molecule has 112 valence electrons. The van der Waals surface area contributed by atoms with Crippen LogP contribution in [0.5, 0.6) is 0 Å². The molecule has 2 fully saturated rings. The minimum Gasteiger partial charge on any atom is -0.393 e. The maximum atomic E-state index is 12.4. The zero-order valence-electron chi connectivity index (χ0n) is 11.7. The Labute approximate surface area is 116 Å². The van der Waals surface area contributed by atoms with Crippen molar-refractivity contribution in [1.82, 2.24) is 9.03 Å². The van der Waals surface area contributed by atoms with Gasteiger partial charge >= 0.3 is 0 Å². The first-order chi connectivity index (χ1) is 9.06. The van der Waals surface area contributed by atoms with Crippen molar-refractivity contribution in [2.24, 2.45) is 5.92 Å². The molecule has 0 aromatic carbocycles. The fourth-order valence-electron chi connectivity index (χ4n) is 3.39. The minimum atomic E-state index is -3.38. The zero-order chi connectivity index (χ0) is 13.9. The molecule has 2 N–H and O–H groups in total. The molecule has 0 aromatic rings. The summed E-state index contributed by atoms with van der Waals surface area (Å²) in [5, 5.41) is 10.1. The van der Waals surface area contributed by atoms with Crippen LogP contribution in [0.2, 0.25) is 0 Å². The second-order valence-electron chi connectivity index (χ2n) is 5.74. The zero-order valence-corrected chi connectivity index (χ0v) is 12.5. The lowest BCUT2D eigenvalue weighted by molar-refractivity contribution is 0.0719. The van der Waals surface area contributed by atoms with E-state index in [0.29, 0.717) is 13.1 Å². The Morgan fingerprint density at radius 3 is 2.63 bits per heavy atom. The number of aliphatic hydroxyl groups is 1. The van der Waals surface area contributed by atoms with Gasteiger partial charge in [0, 0.05) is 25.0 Å². The lowest BCUT2D eigenvalue weighted by atomic mass is 9.89. The largest absolute Gasteiger partial charge is 0.393 e. The molecule has 1 heterocycles. The highest BCUT2D eigenvalue weighted by Gasteiger charge is 2.41. The number of aliphatic hydroxyl groups excluding tert-OH is 1. The lowest BCUT2D eigenvalue weighted by Crippen LogP contribution is -2.53. The molecular weight excluding hydrogens is 264 g/mol. The quantitative estimate of drug-likeness (QED) is 0.800. The normalized spacial score (nSPS) is 33.7. The van der Waals surface area contributed by atoms with E-state index in [4.69, 9.17) is 0 Å². The van der Waals surface area contributed by atoms with Gasteiger partial charge in [-0.1, -0.05) is 19.8 Å². The van der Waals surface area contributed by atoms with Crippen molar-refractivity contribution in [3.8, 4) is 0 Å². The molecule has 0 radical (unpaired) electrons. The first kappa shape index (κ1) is 15.2. The van der Waals surface area contributed by atoms with Crippen LogP contribution >= 0.6 is 0 Å². The van der Waals surface area contributed by atoms with Gasteiger partial charge < -0.3 is 5.11 Å². The smallest absolute Gasteiger partial charge is 0.279 e. The van der Waals surface area contributed by atoms with Crippen LogP contribution < -0.4 is 4.72 Å². The second kappa shape index (κ2) is 6.52. The van der Waals surface area contributed by atoms with E-state index in [9.17, 15) is 13.5 Å². The molecule has 5 nitrogen and oxygen atoms in total. The third kappa shape index (κ3) is 3.48. The lowest BCUT2D eigenvalue weighted by Gasteiger charge is -2.39. The summed E-state index contributed by atoms with van der Waals surface area (Å²) in [4.78, 5) is 0. The SMILES string of the molecule is CCCNS(=O)(=O)N1CCCCC1C1CCCC1O. The number of hydrogen-bond acceptors (Lipinski definition) is 3. The van der Waals surface area contributed by atoms with E-state index < -0.39 is 10.2 Å².